The standard InChI is InChI=1S/C20H17F2NO3/c1-25-17-11-5-10-16(19(17)26-20(21)22)12-13-18(24)23-14-6-9-15-7-3-2-4-8-15/h2-5,7-8,10-13,20H,14H2,1H3,(H,23,24)/b13-12+. The van der Waals surface area contributed by atoms with Crippen molar-refractivity contribution >= 4 is 12.0 Å². The molecule has 0 spiro atoms. The summed E-state index contributed by atoms with van der Waals surface area (Å²) in [7, 11) is 1.35. The largest absolute Gasteiger partial charge is 0.493 e. The molecule has 0 saturated heterocycles. The second-order valence-electron chi connectivity index (χ2n) is 4.98. The topological polar surface area (TPSA) is 47.6 Å². The molecule has 0 heterocycles. The number of nitrogens with one attached hydrogen (secondary N) is 1. The van der Waals surface area contributed by atoms with Crippen LogP contribution in [-0.4, -0.2) is 26.2 Å². The molecule has 0 fully saturated rings. The van der Waals surface area contributed by atoms with Gasteiger partial charge < -0.3 is 14.8 Å². The molecule has 1 N–H and O–H groups in total. The van der Waals surface area contributed by atoms with E-state index in [1.807, 2.05) is 30.3 Å². The van der Waals surface area contributed by atoms with Gasteiger partial charge in [0.05, 0.1) is 13.7 Å². The minimum Gasteiger partial charge on any atom is -0.493 e. The zero-order valence-corrected chi connectivity index (χ0v) is 14.0. The minimum atomic E-state index is -3.00. The van der Waals surface area contributed by atoms with E-state index in [2.05, 4.69) is 21.9 Å². The van der Waals surface area contributed by atoms with Crippen LogP contribution in [0, 0.1) is 11.8 Å². The van der Waals surface area contributed by atoms with Crippen LogP contribution in [0.3, 0.4) is 0 Å². The van der Waals surface area contributed by atoms with Gasteiger partial charge in [0, 0.05) is 17.2 Å². The Morgan fingerprint density at radius 1 is 1.19 bits per heavy atom. The summed E-state index contributed by atoms with van der Waals surface area (Å²) >= 11 is 0. The van der Waals surface area contributed by atoms with Gasteiger partial charge in [-0.25, -0.2) is 0 Å². The van der Waals surface area contributed by atoms with E-state index in [1.165, 1.54) is 25.3 Å². The lowest BCUT2D eigenvalue weighted by atomic mass is 10.1. The Balaban J connectivity index is 1.98. The van der Waals surface area contributed by atoms with E-state index < -0.39 is 12.5 Å². The van der Waals surface area contributed by atoms with Gasteiger partial charge in [-0.3, -0.25) is 4.79 Å². The zero-order valence-electron chi connectivity index (χ0n) is 14.0. The first kappa shape index (κ1) is 19.0. The number of alkyl halides is 2. The highest BCUT2D eigenvalue weighted by molar-refractivity contribution is 5.92. The fourth-order valence-electron chi connectivity index (χ4n) is 2.06. The van der Waals surface area contributed by atoms with Crippen LogP contribution in [0.1, 0.15) is 11.1 Å². The number of carbonyl (C=O) groups is 1. The van der Waals surface area contributed by atoms with Crippen LogP contribution in [0.4, 0.5) is 8.78 Å². The molecule has 6 heteroatoms. The maximum atomic E-state index is 12.6. The summed E-state index contributed by atoms with van der Waals surface area (Å²) in [5.41, 5.74) is 1.15. The quantitative estimate of drug-likeness (QED) is 0.636. The van der Waals surface area contributed by atoms with Gasteiger partial charge in [-0.15, -0.1) is 0 Å². The lowest BCUT2D eigenvalue weighted by Gasteiger charge is -2.12. The van der Waals surface area contributed by atoms with Crippen LogP contribution < -0.4 is 14.8 Å². The second kappa shape index (κ2) is 9.84. The number of para-hydroxylation sites is 1. The van der Waals surface area contributed by atoms with E-state index in [0.29, 0.717) is 5.56 Å². The van der Waals surface area contributed by atoms with Gasteiger partial charge in [0.1, 0.15) is 0 Å². The molecule has 0 aliphatic rings. The summed E-state index contributed by atoms with van der Waals surface area (Å²) in [6.45, 7) is -2.84. The number of methoxy groups -OCH3 is 1. The predicted molar refractivity (Wildman–Crippen MR) is 95.0 cm³/mol. The molecular formula is C20H17F2NO3. The van der Waals surface area contributed by atoms with Crippen molar-refractivity contribution in [3.8, 4) is 23.3 Å². The average Bonchev–Trinajstić information content (AvgIpc) is 2.64. The Kier molecular flexibility index (Phi) is 7.19. The molecule has 0 unspecified atom stereocenters. The number of amides is 1. The molecule has 26 heavy (non-hydrogen) atoms. The van der Waals surface area contributed by atoms with Crippen molar-refractivity contribution in [3.05, 3.63) is 65.7 Å². The Labute approximate surface area is 150 Å². The van der Waals surface area contributed by atoms with Gasteiger partial charge in [-0.2, -0.15) is 8.78 Å². The summed E-state index contributed by atoms with van der Waals surface area (Å²) in [4.78, 5) is 11.8. The lowest BCUT2D eigenvalue weighted by molar-refractivity contribution is -0.116. The first-order chi connectivity index (χ1) is 12.6. The molecule has 0 aromatic heterocycles. The SMILES string of the molecule is COc1cccc(/C=C/C(=O)NCC#Cc2ccccc2)c1OC(F)F. The van der Waals surface area contributed by atoms with E-state index in [0.717, 1.165) is 5.56 Å². The van der Waals surface area contributed by atoms with Crippen molar-refractivity contribution in [3.63, 3.8) is 0 Å². The third-order valence-electron chi connectivity index (χ3n) is 3.21. The highest BCUT2D eigenvalue weighted by Crippen LogP contribution is 2.33. The van der Waals surface area contributed by atoms with E-state index in [9.17, 15) is 13.6 Å². The minimum absolute atomic E-state index is 0.127. The van der Waals surface area contributed by atoms with Crippen molar-refractivity contribution in [2.45, 2.75) is 6.61 Å². The molecule has 0 aliphatic heterocycles. The van der Waals surface area contributed by atoms with E-state index >= 15 is 0 Å². The van der Waals surface area contributed by atoms with Crippen molar-refractivity contribution < 1.29 is 23.0 Å². The smallest absolute Gasteiger partial charge is 0.387 e. The van der Waals surface area contributed by atoms with Crippen LogP contribution in [-0.2, 0) is 4.79 Å². The molecule has 1 amide bonds. The van der Waals surface area contributed by atoms with Gasteiger partial charge in [0.15, 0.2) is 11.5 Å². The van der Waals surface area contributed by atoms with Crippen molar-refractivity contribution in [2.24, 2.45) is 0 Å². The molecule has 134 valence electrons. The van der Waals surface area contributed by atoms with Gasteiger partial charge in [0.2, 0.25) is 5.91 Å². The number of halogens is 2. The Morgan fingerprint density at radius 3 is 2.65 bits per heavy atom. The number of hydrogen-bond acceptors (Lipinski definition) is 3. The molecule has 0 aliphatic carbocycles. The monoisotopic (exact) mass is 357 g/mol. The van der Waals surface area contributed by atoms with Crippen molar-refractivity contribution in [1.29, 1.82) is 0 Å². The molecule has 0 radical (unpaired) electrons. The molecule has 0 saturated carbocycles. The summed E-state index contributed by atoms with van der Waals surface area (Å²) in [6, 6.07) is 14.0. The molecule has 2 aromatic carbocycles. The third kappa shape index (κ3) is 5.95. The first-order valence-corrected chi connectivity index (χ1v) is 7.72. The fraction of sp³-hybridized carbons (Fsp3) is 0.150. The van der Waals surface area contributed by atoms with Crippen LogP contribution in [0.5, 0.6) is 11.5 Å². The summed E-state index contributed by atoms with van der Waals surface area (Å²) in [6.07, 6.45) is 2.59. The molecule has 2 aromatic rings. The van der Waals surface area contributed by atoms with Crippen molar-refractivity contribution in [2.75, 3.05) is 13.7 Å². The molecule has 4 nitrogen and oxygen atoms in total. The molecule has 0 bridgehead atoms. The van der Waals surface area contributed by atoms with Crippen molar-refractivity contribution in [1.82, 2.24) is 5.32 Å². The van der Waals surface area contributed by atoms with E-state index in [-0.39, 0.29) is 18.0 Å². The fourth-order valence-corrected chi connectivity index (χ4v) is 2.06. The number of ether oxygens (including phenoxy) is 2. The van der Waals surface area contributed by atoms with Crippen LogP contribution in [0.25, 0.3) is 6.08 Å². The van der Waals surface area contributed by atoms with Gasteiger partial charge in [-0.1, -0.05) is 42.2 Å². The Morgan fingerprint density at radius 2 is 1.96 bits per heavy atom. The Hall–Kier alpha value is -3.33. The number of carbonyl (C=O) groups excluding carboxylic acids is 1. The molecule has 2 rings (SSSR count). The normalized spacial score (nSPS) is 10.3. The van der Waals surface area contributed by atoms with Crippen LogP contribution in [0.2, 0.25) is 0 Å². The lowest BCUT2D eigenvalue weighted by Crippen LogP contribution is -2.20. The maximum absolute atomic E-state index is 12.6. The first-order valence-electron chi connectivity index (χ1n) is 7.72. The van der Waals surface area contributed by atoms with Crippen LogP contribution >= 0.6 is 0 Å². The summed E-state index contributed by atoms with van der Waals surface area (Å²) in [5, 5.41) is 2.59. The highest BCUT2D eigenvalue weighted by Gasteiger charge is 2.13. The van der Waals surface area contributed by atoms with Gasteiger partial charge in [0.25, 0.3) is 0 Å². The van der Waals surface area contributed by atoms with Gasteiger partial charge >= 0.3 is 6.61 Å². The number of rotatable bonds is 6. The van der Waals surface area contributed by atoms with E-state index in [4.69, 9.17) is 4.74 Å². The number of benzene rings is 2. The predicted octanol–water partition coefficient (Wildman–Crippen LogP) is 3.48. The van der Waals surface area contributed by atoms with Crippen LogP contribution in [0.15, 0.2) is 54.6 Å². The number of hydrogen-bond donors (Lipinski definition) is 1. The molecule has 0 atom stereocenters. The second-order valence-corrected chi connectivity index (χ2v) is 4.98. The third-order valence-corrected chi connectivity index (χ3v) is 3.21. The summed E-state index contributed by atoms with van der Waals surface area (Å²) in [5.74, 6) is 5.36. The Bertz CT molecular complexity index is 824. The maximum Gasteiger partial charge on any atom is 0.387 e. The zero-order chi connectivity index (χ0) is 18.8. The summed E-state index contributed by atoms with van der Waals surface area (Å²) < 4.78 is 34.6. The highest BCUT2D eigenvalue weighted by atomic mass is 19.3. The van der Waals surface area contributed by atoms with E-state index in [1.54, 1.807) is 12.1 Å². The molecular weight excluding hydrogens is 340 g/mol. The average molecular weight is 357 g/mol. The van der Waals surface area contributed by atoms with Gasteiger partial charge in [-0.05, 0) is 24.3 Å².